The third-order valence-corrected chi connectivity index (χ3v) is 8.61. The van der Waals surface area contributed by atoms with E-state index in [0.717, 1.165) is 17.7 Å². The van der Waals surface area contributed by atoms with Crippen molar-refractivity contribution in [3.05, 3.63) is 59.2 Å². The standard InChI is InChI=1S/C25H27F3N2O4S/c1-4-24(5-2)15-16(18-10-9-17(25(26,27)28)14-22(18)34-24)13-23(31)29-20-7-6-8-21-19(20)11-12-35(32,33)30(21)3/h6-10,13-14H,4-5,11-12,15H2,1-3H3,(H,29,31). The lowest BCUT2D eigenvalue weighted by Gasteiger charge is -2.39. The molecule has 0 fully saturated rings. The van der Waals surface area contributed by atoms with Crippen molar-refractivity contribution in [1.82, 2.24) is 0 Å². The number of benzene rings is 2. The van der Waals surface area contributed by atoms with Gasteiger partial charge in [-0.15, -0.1) is 0 Å². The molecule has 2 aromatic rings. The van der Waals surface area contributed by atoms with E-state index in [0.29, 0.717) is 41.8 Å². The number of amides is 1. The average Bonchev–Trinajstić information content (AvgIpc) is 2.80. The highest BCUT2D eigenvalue weighted by Gasteiger charge is 2.38. The Hall–Kier alpha value is -3.01. The molecule has 0 saturated heterocycles. The summed E-state index contributed by atoms with van der Waals surface area (Å²) in [6.45, 7) is 3.81. The van der Waals surface area contributed by atoms with Crippen LogP contribution in [0.5, 0.6) is 5.75 Å². The Morgan fingerprint density at radius 2 is 1.91 bits per heavy atom. The first-order chi connectivity index (χ1) is 16.4. The van der Waals surface area contributed by atoms with Gasteiger partial charge in [-0.2, -0.15) is 13.2 Å². The average molecular weight is 509 g/mol. The maximum absolute atomic E-state index is 13.3. The monoisotopic (exact) mass is 508 g/mol. The summed E-state index contributed by atoms with van der Waals surface area (Å²) in [7, 11) is -1.92. The Labute approximate surface area is 202 Å². The minimum Gasteiger partial charge on any atom is -0.486 e. The van der Waals surface area contributed by atoms with Crippen LogP contribution >= 0.6 is 0 Å². The van der Waals surface area contributed by atoms with Crippen LogP contribution in [-0.2, 0) is 27.4 Å². The molecule has 0 saturated carbocycles. The van der Waals surface area contributed by atoms with Gasteiger partial charge in [0.1, 0.15) is 11.4 Å². The zero-order chi connectivity index (χ0) is 25.6. The molecule has 0 spiro atoms. The predicted octanol–water partition coefficient (Wildman–Crippen LogP) is 5.39. The van der Waals surface area contributed by atoms with Crippen LogP contribution < -0.4 is 14.4 Å². The van der Waals surface area contributed by atoms with E-state index >= 15 is 0 Å². The third-order valence-electron chi connectivity index (χ3n) is 6.86. The van der Waals surface area contributed by atoms with Gasteiger partial charge in [-0.3, -0.25) is 9.10 Å². The number of anilines is 2. The highest BCUT2D eigenvalue weighted by Crippen LogP contribution is 2.45. The van der Waals surface area contributed by atoms with Gasteiger partial charge in [-0.05, 0) is 49.1 Å². The Morgan fingerprint density at radius 1 is 1.20 bits per heavy atom. The van der Waals surface area contributed by atoms with Crippen LogP contribution in [0.15, 0.2) is 42.5 Å². The number of nitrogens with zero attached hydrogens (tertiary/aromatic N) is 1. The summed E-state index contributed by atoms with van der Waals surface area (Å²) in [6, 6.07) is 8.38. The van der Waals surface area contributed by atoms with Gasteiger partial charge in [0.15, 0.2) is 0 Å². The molecule has 2 aromatic carbocycles. The molecule has 1 amide bonds. The van der Waals surface area contributed by atoms with Crippen LogP contribution in [-0.4, -0.2) is 32.7 Å². The number of sulfonamides is 1. The summed E-state index contributed by atoms with van der Waals surface area (Å²) in [5.74, 6) is -0.400. The Morgan fingerprint density at radius 3 is 2.57 bits per heavy atom. The molecule has 0 radical (unpaired) electrons. The van der Waals surface area contributed by atoms with Gasteiger partial charge in [0.05, 0.1) is 17.0 Å². The van der Waals surface area contributed by atoms with E-state index in [1.807, 2.05) is 13.8 Å². The smallest absolute Gasteiger partial charge is 0.416 e. The largest absolute Gasteiger partial charge is 0.486 e. The highest BCUT2D eigenvalue weighted by atomic mass is 32.2. The number of ether oxygens (including phenoxy) is 1. The van der Waals surface area contributed by atoms with Crippen LogP contribution in [0.3, 0.4) is 0 Å². The van der Waals surface area contributed by atoms with Gasteiger partial charge in [0.2, 0.25) is 15.9 Å². The van der Waals surface area contributed by atoms with E-state index < -0.39 is 33.3 Å². The number of carbonyl (C=O) groups excluding carboxylic acids is 1. The van der Waals surface area contributed by atoms with Crippen LogP contribution in [0, 0.1) is 0 Å². The zero-order valence-corrected chi connectivity index (χ0v) is 20.5. The second-order valence-corrected chi connectivity index (χ2v) is 11.0. The molecule has 0 unspecified atom stereocenters. The van der Waals surface area contributed by atoms with Crippen molar-refractivity contribution in [2.75, 3.05) is 22.4 Å². The summed E-state index contributed by atoms with van der Waals surface area (Å²) < 4.78 is 71.6. The van der Waals surface area contributed by atoms with Crippen LogP contribution in [0.25, 0.3) is 5.57 Å². The Balaban J connectivity index is 1.69. The van der Waals surface area contributed by atoms with E-state index in [-0.39, 0.29) is 17.9 Å². The molecular formula is C25H27F3N2O4S. The number of alkyl halides is 3. The third kappa shape index (κ3) is 4.76. The second-order valence-electron chi connectivity index (χ2n) is 8.87. The van der Waals surface area contributed by atoms with E-state index in [1.165, 1.54) is 23.5 Å². The molecule has 4 rings (SSSR count). The van der Waals surface area contributed by atoms with Crippen molar-refractivity contribution < 1.29 is 31.1 Å². The first-order valence-electron chi connectivity index (χ1n) is 11.4. The molecular weight excluding hydrogens is 481 g/mol. The SMILES string of the molecule is CCC1(CC)CC(=CC(=O)Nc2cccc3c2CCS(=O)(=O)N3C)c2ccc(C(F)(F)F)cc2O1. The lowest BCUT2D eigenvalue weighted by molar-refractivity contribution is -0.137. The molecule has 0 aliphatic carbocycles. The van der Waals surface area contributed by atoms with Crippen LogP contribution in [0.2, 0.25) is 0 Å². The van der Waals surface area contributed by atoms with Gasteiger partial charge in [-0.1, -0.05) is 26.0 Å². The molecule has 0 atom stereocenters. The lowest BCUT2D eigenvalue weighted by Crippen LogP contribution is -2.38. The van der Waals surface area contributed by atoms with Crippen LogP contribution in [0.1, 0.15) is 49.8 Å². The molecule has 2 aliphatic rings. The van der Waals surface area contributed by atoms with Crippen molar-refractivity contribution in [3.8, 4) is 5.75 Å². The number of hydrogen-bond donors (Lipinski definition) is 1. The number of rotatable bonds is 4. The molecule has 188 valence electrons. The van der Waals surface area contributed by atoms with Crippen molar-refractivity contribution >= 4 is 32.9 Å². The minimum absolute atomic E-state index is 0.0632. The topological polar surface area (TPSA) is 75.7 Å². The molecule has 35 heavy (non-hydrogen) atoms. The first kappa shape index (κ1) is 25.1. The molecule has 2 heterocycles. The van der Waals surface area contributed by atoms with Crippen molar-refractivity contribution in [2.24, 2.45) is 0 Å². The Kier molecular flexibility index (Phi) is 6.37. The molecule has 1 N–H and O–H groups in total. The molecule has 2 aliphatic heterocycles. The maximum atomic E-state index is 13.3. The fraction of sp³-hybridized carbons (Fsp3) is 0.400. The fourth-order valence-electron chi connectivity index (χ4n) is 4.63. The summed E-state index contributed by atoms with van der Waals surface area (Å²) in [4.78, 5) is 13.1. The van der Waals surface area contributed by atoms with Crippen molar-refractivity contribution in [2.45, 2.75) is 51.3 Å². The number of hydrogen-bond acceptors (Lipinski definition) is 4. The maximum Gasteiger partial charge on any atom is 0.416 e. The quantitative estimate of drug-likeness (QED) is 0.562. The molecule has 0 aromatic heterocycles. The highest BCUT2D eigenvalue weighted by molar-refractivity contribution is 7.92. The fourth-order valence-corrected chi connectivity index (χ4v) is 5.83. The second kappa shape index (κ2) is 8.89. The van der Waals surface area contributed by atoms with Gasteiger partial charge in [0, 0.05) is 36.4 Å². The summed E-state index contributed by atoms with van der Waals surface area (Å²) in [5, 5.41) is 2.84. The van der Waals surface area contributed by atoms with Gasteiger partial charge >= 0.3 is 6.18 Å². The van der Waals surface area contributed by atoms with Gasteiger partial charge in [0.25, 0.3) is 0 Å². The lowest BCUT2D eigenvalue weighted by atomic mass is 9.83. The zero-order valence-electron chi connectivity index (χ0n) is 19.7. The molecule has 6 nitrogen and oxygen atoms in total. The van der Waals surface area contributed by atoms with E-state index in [4.69, 9.17) is 4.74 Å². The summed E-state index contributed by atoms with van der Waals surface area (Å²) >= 11 is 0. The predicted molar refractivity (Wildman–Crippen MR) is 129 cm³/mol. The van der Waals surface area contributed by atoms with Gasteiger partial charge < -0.3 is 10.1 Å². The summed E-state index contributed by atoms with van der Waals surface area (Å²) in [6.07, 6.45) is -1.35. The van der Waals surface area contributed by atoms with E-state index in [1.54, 1.807) is 18.2 Å². The first-order valence-corrected chi connectivity index (χ1v) is 13.0. The number of nitrogens with one attached hydrogen (secondary N) is 1. The molecule has 10 heteroatoms. The van der Waals surface area contributed by atoms with Gasteiger partial charge in [-0.25, -0.2) is 8.42 Å². The van der Waals surface area contributed by atoms with E-state index in [2.05, 4.69) is 5.32 Å². The summed E-state index contributed by atoms with van der Waals surface area (Å²) in [5.41, 5.74) is 1.24. The number of fused-ring (bicyclic) bond motifs is 2. The van der Waals surface area contributed by atoms with Crippen molar-refractivity contribution in [3.63, 3.8) is 0 Å². The van der Waals surface area contributed by atoms with Crippen LogP contribution in [0.4, 0.5) is 24.5 Å². The number of carbonyl (C=O) groups is 1. The Bertz CT molecular complexity index is 1300. The minimum atomic E-state index is -4.51. The normalized spacial score (nSPS) is 19.5. The number of halogens is 3. The van der Waals surface area contributed by atoms with E-state index in [9.17, 15) is 26.4 Å². The van der Waals surface area contributed by atoms with Crippen molar-refractivity contribution in [1.29, 1.82) is 0 Å². The molecule has 0 bridgehead atoms.